The zero-order valence-electron chi connectivity index (χ0n) is 10.5. The Morgan fingerprint density at radius 2 is 1.76 bits per heavy atom. The molecule has 0 N–H and O–H groups in total. The highest BCUT2D eigenvalue weighted by Crippen LogP contribution is 1.97. The van der Waals surface area contributed by atoms with Crippen molar-refractivity contribution in [2.75, 3.05) is 32.8 Å². The van der Waals surface area contributed by atoms with Crippen LogP contribution in [-0.4, -0.2) is 46.9 Å². The lowest BCUT2D eigenvalue weighted by molar-refractivity contribution is 0.0362. The molecule has 0 radical (unpaired) electrons. The van der Waals surface area contributed by atoms with Gasteiger partial charge in [0.15, 0.2) is 0 Å². The molecule has 1 aliphatic rings. The van der Waals surface area contributed by atoms with E-state index in [4.69, 9.17) is 4.74 Å². The Bertz CT molecular complexity index is 391. The zero-order valence-corrected chi connectivity index (χ0v) is 10.5. The second kappa shape index (κ2) is 6.02. The highest BCUT2D eigenvalue weighted by molar-refractivity contribution is 4.81. The van der Waals surface area contributed by atoms with Crippen LogP contribution in [0.25, 0.3) is 0 Å². The molecule has 1 saturated heterocycles. The molecule has 0 atom stereocenters. The third-order valence-electron chi connectivity index (χ3n) is 3.14. The molecule has 1 aliphatic heterocycles. The van der Waals surface area contributed by atoms with Gasteiger partial charge in [-0.15, -0.1) is 0 Å². The van der Waals surface area contributed by atoms with Gasteiger partial charge in [0.2, 0.25) is 0 Å². The van der Waals surface area contributed by atoms with E-state index in [1.54, 1.807) is 9.13 Å². The molecule has 2 rings (SSSR count). The van der Waals surface area contributed by atoms with Gasteiger partial charge in [0.1, 0.15) is 0 Å². The van der Waals surface area contributed by atoms with Crippen LogP contribution in [0.15, 0.2) is 17.2 Å². The van der Waals surface area contributed by atoms with Gasteiger partial charge in [-0.1, -0.05) is 6.92 Å². The Labute approximate surface area is 102 Å². The van der Waals surface area contributed by atoms with Crippen molar-refractivity contribution in [3.8, 4) is 0 Å². The van der Waals surface area contributed by atoms with Crippen molar-refractivity contribution in [1.82, 2.24) is 14.0 Å². The molecule has 2 heterocycles. The van der Waals surface area contributed by atoms with Gasteiger partial charge in [-0.05, 0) is 6.42 Å². The maximum Gasteiger partial charge on any atom is 0.328 e. The molecule has 0 aliphatic carbocycles. The van der Waals surface area contributed by atoms with Crippen LogP contribution in [0.3, 0.4) is 0 Å². The second-order valence-electron chi connectivity index (χ2n) is 4.42. The van der Waals surface area contributed by atoms with Crippen molar-refractivity contribution in [2.45, 2.75) is 26.4 Å². The number of imidazole rings is 1. The fraction of sp³-hybridized carbons (Fsp3) is 0.750. The summed E-state index contributed by atoms with van der Waals surface area (Å²) in [5.74, 6) is 0. The normalized spacial score (nSPS) is 17.5. The molecule has 1 fully saturated rings. The monoisotopic (exact) mass is 239 g/mol. The lowest BCUT2D eigenvalue weighted by atomic mass is 10.4. The largest absolute Gasteiger partial charge is 0.379 e. The summed E-state index contributed by atoms with van der Waals surface area (Å²) in [5.41, 5.74) is 0.111. The number of ether oxygens (including phenoxy) is 1. The third kappa shape index (κ3) is 3.20. The topological polar surface area (TPSA) is 39.4 Å². The van der Waals surface area contributed by atoms with Crippen LogP contribution in [0.4, 0.5) is 0 Å². The Hall–Kier alpha value is -1.07. The van der Waals surface area contributed by atoms with Gasteiger partial charge in [-0.2, -0.15) is 0 Å². The molecule has 1 aromatic heterocycles. The number of hydrogen-bond donors (Lipinski definition) is 0. The van der Waals surface area contributed by atoms with Crippen LogP contribution < -0.4 is 5.69 Å². The molecule has 0 amide bonds. The first kappa shape index (κ1) is 12.4. The first-order valence-corrected chi connectivity index (χ1v) is 6.37. The van der Waals surface area contributed by atoms with Crippen molar-refractivity contribution in [2.24, 2.45) is 0 Å². The van der Waals surface area contributed by atoms with Gasteiger partial charge in [0.25, 0.3) is 0 Å². The van der Waals surface area contributed by atoms with E-state index in [1.165, 1.54) is 0 Å². The van der Waals surface area contributed by atoms with Crippen LogP contribution in [0, 0.1) is 0 Å². The average molecular weight is 239 g/mol. The Balaban J connectivity index is 1.88. The fourth-order valence-corrected chi connectivity index (χ4v) is 2.11. The maximum absolute atomic E-state index is 11.9. The molecule has 96 valence electrons. The molecule has 1 aromatic rings. The standard InChI is InChI=1S/C12H21N3O2/c1-2-3-14-6-7-15(12(14)16)5-4-13-8-10-17-11-9-13/h6-7H,2-5,8-11H2,1H3. The summed E-state index contributed by atoms with van der Waals surface area (Å²) >= 11 is 0. The minimum absolute atomic E-state index is 0.111. The SMILES string of the molecule is CCCn1ccn(CCN2CCOCC2)c1=O. The molecule has 5 nitrogen and oxygen atoms in total. The number of aromatic nitrogens is 2. The summed E-state index contributed by atoms with van der Waals surface area (Å²) in [4.78, 5) is 14.3. The van der Waals surface area contributed by atoms with Crippen LogP contribution in [0.5, 0.6) is 0 Å². The smallest absolute Gasteiger partial charge is 0.328 e. The first-order valence-electron chi connectivity index (χ1n) is 6.37. The van der Waals surface area contributed by atoms with Crippen LogP contribution >= 0.6 is 0 Å². The Morgan fingerprint density at radius 3 is 2.41 bits per heavy atom. The van der Waals surface area contributed by atoms with E-state index in [2.05, 4.69) is 11.8 Å². The van der Waals surface area contributed by atoms with Crippen LogP contribution in [0.2, 0.25) is 0 Å². The number of rotatable bonds is 5. The van der Waals surface area contributed by atoms with E-state index in [0.717, 1.165) is 52.4 Å². The number of hydrogen-bond acceptors (Lipinski definition) is 3. The van der Waals surface area contributed by atoms with E-state index in [9.17, 15) is 4.79 Å². The third-order valence-corrected chi connectivity index (χ3v) is 3.14. The molecule has 0 saturated carbocycles. The predicted octanol–water partition coefficient (Wildman–Crippen LogP) is 0.392. The van der Waals surface area contributed by atoms with Crippen molar-refractivity contribution in [3.63, 3.8) is 0 Å². The minimum Gasteiger partial charge on any atom is -0.379 e. The quantitative estimate of drug-likeness (QED) is 0.746. The Kier molecular flexibility index (Phi) is 4.39. The highest BCUT2D eigenvalue weighted by Gasteiger charge is 2.10. The predicted molar refractivity (Wildman–Crippen MR) is 66.2 cm³/mol. The number of nitrogens with zero attached hydrogens (tertiary/aromatic N) is 3. The highest BCUT2D eigenvalue weighted by atomic mass is 16.5. The summed E-state index contributed by atoms with van der Waals surface area (Å²) in [6.45, 7) is 8.17. The maximum atomic E-state index is 11.9. The second-order valence-corrected chi connectivity index (χ2v) is 4.42. The fourth-order valence-electron chi connectivity index (χ4n) is 2.11. The van der Waals surface area contributed by atoms with Gasteiger partial charge >= 0.3 is 5.69 Å². The number of morpholine rings is 1. The first-order chi connectivity index (χ1) is 8.31. The van der Waals surface area contributed by atoms with Crippen molar-refractivity contribution in [3.05, 3.63) is 22.9 Å². The van der Waals surface area contributed by atoms with E-state index < -0.39 is 0 Å². The molecule has 0 bridgehead atoms. The summed E-state index contributed by atoms with van der Waals surface area (Å²) < 4.78 is 8.87. The lowest BCUT2D eigenvalue weighted by Gasteiger charge is -2.26. The lowest BCUT2D eigenvalue weighted by Crippen LogP contribution is -2.39. The van der Waals surface area contributed by atoms with E-state index in [0.29, 0.717) is 0 Å². The van der Waals surface area contributed by atoms with Crippen LogP contribution in [0.1, 0.15) is 13.3 Å². The molecular weight excluding hydrogens is 218 g/mol. The van der Waals surface area contributed by atoms with E-state index >= 15 is 0 Å². The zero-order chi connectivity index (χ0) is 12.1. The van der Waals surface area contributed by atoms with E-state index in [1.807, 2.05) is 12.4 Å². The van der Waals surface area contributed by atoms with Gasteiger partial charge in [0, 0.05) is 45.1 Å². The molecule has 0 unspecified atom stereocenters. The van der Waals surface area contributed by atoms with Crippen molar-refractivity contribution in [1.29, 1.82) is 0 Å². The van der Waals surface area contributed by atoms with Crippen LogP contribution in [-0.2, 0) is 17.8 Å². The molecule has 0 spiro atoms. The van der Waals surface area contributed by atoms with Gasteiger partial charge < -0.3 is 4.74 Å². The summed E-state index contributed by atoms with van der Waals surface area (Å²) in [7, 11) is 0. The summed E-state index contributed by atoms with van der Waals surface area (Å²) in [6.07, 6.45) is 4.76. The Morgan fingerprint density at radius 1 is 1.12 bits per heavy atom. The molecule has 17 heavy (non-hydrogen) atoms. The van der Waals surface area contributed by atoms with Gasteiger partial charge in [-0.3, -0.25) is 14.0 Å². The van der Waals surface area contributed by atoms with Crippen molar-refractivity contribution < 1.29 is 4.74 Å². The molecular formula is C12H21N3O2. The molecule has 5 heteroatoms. The molecule has 0 aromatic carbocycles. The van der Waals surface area contributed by atoms with Gasteiger partial charge in [-0.25, -0.2) is 4.79 Å². The van der Waals surface area contributed by atoms with E-state index in [-0.39, 0.29) is 5.69 Å². The van der Waals surface area contributed by atoms with Crippen molar-refractivity contribution >= 4 is 0 Å². The van der Waals surface area contributed by atoms with Gasteiger partial charge in [0.05, 0.1) is 13.2 Å². The minimum atomic E-state index is 0.111. The summed E-state index contributed by atoms with van der Waals surface area (Å²) in [6, 6.07) is 0. The average Bonchev–Trinajstić information content (AvgIpc) is 2.70. The number of aryl methyl sites for hydroxylation is 1. The summed E-state index contributed by atoms with van der Waals surface area (Å²) in [5, 5.41) is 0.